The number of benzene rings is 1. The van der Waals surface area contributed by atoms with Gasteiger partial charge in [0.25, 0.3) is 0 Å². The molecule has 0 saturated carbocycles. The van der Waals surface area contributed by atoms with Gasteiger partial charge in [-0.15, -0.1) is 0 Å². The number of hydrogen-bond acceptors (Lipinski definition) is 6. The molecule has 1 saturated heterocycles. The lowest BCUT2D eigenvalue weighted by Crippen LogP contribution is -2.50. The van der Waals surface area contributed by atoms with Crippen molar-refractivity contribution in [1.29, 1.82) is 0 Å². The molecule has 1 fully saturated rings. The van der Waals surface area contributed by atoms with E-state index < -0.39 is 15.8 Å². The van der Waals surface area contributed by atoms with Gasteiger partial charge in [0.05, 0.1) is 4.90 Å². The third-order valence-corrected chi connectivity index (χ3v) is 6.49. The minimum atomic E-state index is -3.69. The van der Waals surface area contributed by atoms with Crippen molar-refractivity contribution in [2.45, 2.75) is 37.5 Å². The van der Waals surface area contributed by atoms with Crippen LogP contribution in [0.5, 0.6) is 0 Å². The minimum absolute atomic E-state index is 0.0490. The van der Waals surface area contributed by atoms with E-state index in [0.717, 1.165) is 25.0 Å². The van der Waals surface area contributed by atoms with E-state index in [0.29, 0.717) is 31.2 Å². The lowest BCUT2D eigenvalue weighted by atomic mass is 10.2. The van der Waals surface area contributed by atoms with Gasteiger partial charge in [-0.1, -0.05) is 12.1 Å². The van der Waals surface area contributed by atoms with Crippen LogP contribution in [0.4, 0.5) is 4.39 Å². The summed E-state index contributed by atoms with van der Waals surface area (Å²) in [5.41, 5.74) is 0. The standard InChI is InChI=1S/C18H23FN4O4S/c1-2-3-16-20-17(27-21-16)8-9-18(24)22-10-12-23(13-11-22)28(25,26)15-6-4-14(19)5-7-15/h4-7H,2-3,8-13H2,1H3. The predicted octanol–water partition coefficient (Wildman–Crippen LogP) is 1.63. The lowest BCUT2D eigenvalue weighted by Gasteiger charge is -2.34. The zero-order chi connectivity index (χ0) is 20.1. The first-order chi connectivity index (χ1) is 13.4. The van der Waals surface area contributed by atoms with Gasteiger partial charge in [0.2, 0.25) is 21.8 Å². The molecule has 0 bridgehead atoms. The van der Waals surface area contributed by atoms with Gasteiger partial charge in [0.1, 0.15) is 5.82 Å². The number of rotatable bonds is 7. The third kappa shape index (κ3) is 4.74. The van der Waals surface area contributed by atoms with Gasteiger partial charge in [-0.05, 0) is 30.7 Å². The predicted molar refractivity (Wildman–Crippen MR) is 98.4 cm³/mol. The van der Waals surface area contributed by atoms with Crippen molar-refractivity contribution in [3.05, 3.63) is 41.8 Å². The van der Waals surface area contributed by atoms with Crippen LogP contribution in [0, 0.1) is 5.82 Å². The van der Waals surface area contributed by atoms with Crippen LogP contribution in [-0.2, 0) is 27.7 Å². The summed E-state index contributed by atoms with van der Waals surface area (Å²) in [4.78, 5) is 18.3. The number of sulfonamides is 1. The van der Waals surface area contributed by atoms with Crippen LogP contribution in [0.15, 0.2) is 33.7 Å². The highest BCUT2D eigenvalue weighted by Gasteiger charge is 2.30. The molecule has 0 aliphatic carbocycles. The fraction of sp³-hybridized carbons (Fsp3) is 0.500. The second-order valence-electron chi connectivity index (χ2n) is 6.59. The molecule has 2 heterocycles. The second-order valence-corrected chi connectivity index (χ2v) is 8.53. The number of piperazine rings is 1. The first-order valence-corrected chi connectivity index (χ1v) is 10.7. The maximum Gasteiger partial charge on any atom is 0.243 e. The first kappa shape index (κ1) is 20.4. The number of nitrogens with zero attached hydrogens (tertiary/aromatic N) is 4. The topological polar surface area (TPSA) is 96.6 Å². The highest BCUT2D eigenvalue weighted by Crippen LogP contribution is 2.18. The number of carbonyl (C=O) groups is 1. The Kier molecular flexibility index (Phi) is 6.40. The molecule has 1 aliphatic rings. The molecule has 0 radical (unpaired) electrons. The number of aromatic nitrogens is 2. The van der Waals surface area contributed by atoms with Crippen LogP contribution < -0.4 is 0 Å². The Morgan fingerprint density at radius 1 is 1.14 bits per heavy atom. The summed E-state index contributed by atoms with van der Waals surface area (Å²) < 4.78 is 44.7. The van der Waals surface area contributed by atoms with Gasteiger partial charge in [0.15, 0.2) is 5.82 Å². The van der Waals surface area contributed by atoms with Crippen LogP contribution in [-0.4, -0.2) is 59.8 Å². The zero-order valence-corrected chi connectivity index (χ0v) is 16.5. The van der Waals surface area contributed by atoms with Crippen molar-refractivity contribution in [2.75, 3.05) is 26.2 Å². The molecule has 0 atom stereocenters. The number of amides is 1. The van der Waals surface area contributed by atoms with E-state index >= 15 is 0 Å². The van der Waals surface area contributed by atoms with Crippen LogP contribution >= 0.6 is 0 Å². The largest absolute Gasteiger partial charge is 0.340 e. The molecule has 1 amide bonds. The lowest BCUT2D eigenvalue weighted by molar-refractivity contribution is -0.132. The van der Waals surface area contributed by atoms with Gasteiger partial charge in [-0.25, -0.2) is 12.8 Å². The minimum Gasteiger partial charge on any atom is -0.340 e. The number of halogens is 1. The summed E-state index contributed by atoms with van der Waals surface area (Å²) >= 11 is 0. The van der Waals surface area contributed by atoms with Gasteiger partial charge >= 0.3 is 0 Å². The fourth-order valence-corrected chi connectivity index (χ4v) is 4.44. The highest BCUT2D eigenvalue weighted by molar-refractivity contribution is 7.89. The molecule has 3 rings (SSSR count). The summed E-state index contributed by atoms with van der Waals surface area (Å²) in [6.45, 7) is 3.04. The average Bonchev–Trinajstić information content (AvgIpc) is 3.14. The zero-order valence-electron chi connectivity index (χ0n) is 15.7. The molecule has 0 spiro atoms. The highest BCUT2D eigenvalue weighted by atomic mass is 32.2. The molecule has 8 nitrogen and oxygen atoms in total. The summed E-state index contributed by atoms with van der Waals surface area (Å²) in [5, 5.41) is 3.86. The Morgan fingerprint density at radius 3 is 2.46 bits per heavy atom. The molecule has 1 aromatic carbocycles. The molecule has 0 N–H and O–H groups in total. The Balaban J connectivity index is 1.51. The maximum absolute atomic E-state index is 13.0. The Labute approximate surface area is 163 Å². The van der Waals surface area contributed by atoms with Crippen molar-refractivity contribution in [3.8, 4) is 0 Å². The summed E-state index contributed by atoms with van der Waals surface area (Å²) in [6, 6.07) is 4.74. The van der Waals surface area contributed by atoms with E-state index in [2.05, 4.69) is 10.1 Å². The third-order valence-electron chi connectivity index (χ3n) is 4.58. The number of hydrogen-bond donors (Lipinski definition) is 0. The van der Waals surface area contributed by atoms with Crippen molar-refractivity contribution in [2.24, 2.45) is 0 Å². The van der Waals surface area contributed by atoms with Crippen molar-refractivity contribution in [3.63, 3.8) is 0 Å². The Morgan fingerprint density at radius 2 is 1.82 bits per heavy atom. The smallest absolute Gasteiger partial charge is 0.243 e. The number of aryl methyl sites for hydroxylation is 2. The van der Waals surface area contributed by atoms with Crippen LogP contribution in [0.2, 0.25) is 0 Å². The molecule has 28 heavy (non-hydrogen) atoms. The normalized spacial score (nSPS) is 15.7. The van der Waals surface area contributed by atoms with E-state index in [1.165, 1.54) is 16.4 Å². The van der Waals surface area contributed by atoms with Crippen molar-refractivity contribution < 1.29 is 22.1 Å². The molecule has 1 aliphatic heterocycles. The van der Waals surface area contributed by atoms with Gasteiger partial charge in [-0.3, -0.25) is 4.79 Å². The van der Waals surface area contributed by atoms with Gasteiger partial charge in [-0.2, -0.15) is 9.29 Å². The van der Waals surface area contributed by atoms with E-state index in [1.54, 1.807) is 4.90 Å². The summed E-state index contributed by atoms with van der Waals surface area (Å²) in [7, 11) is -3.69. The Hall–Kier alpha value is -2.33. The van der Waals surface area contributed by atoms with Gasteiger partial charge < -0.3 is 9.42 Å². The molecular weight excluding hydrogens is 387 g/mol. The molecular formula is C18H23FN4O4S. The Bertz CT molecular complexity index is 906. The molecule has 2 aromatic rings. The number of carbonyl (C=O) groups excluding carboxylic acids is 1. The van der Waals surface area contributed by atoms with Crippen LogP contribution in [0.1, 0.15) is 31.5 Å². The van der Waals surface area contributed by atoms with E-state index in [9.17, 15) is 17.6 Å². The molecule has 1 aromatic heterocycles. The van der Waals surface area contributed by atoms with E-state index in [4.69, 9.17) is 4.52 Å². The molecule has 0 unspecified atom stereocenters. The fourth-order valence-electron chi connectivity index (χ4n) is 3.02. The molecule has 10 heteroatoms. The van der Waals surface area contributed by atoms with E-state index in [-0.39, 0.29) is 30.3 Å². The quantitative estimate of drug-likeness (QED) is 0.688. The summed E-state index contributed by atoms with van der Waals surface area (Å²) in [5.74, 6) is 0.519. The maximum atomic E-state index is 13.0. The monoisotopic (exact) mass is 410 g/mol. The van der Waals surface area contributed by atoms with Gasteiger partial charge in [0, 0.05) is 45.4 Å². The first-order valence-electron chi connectivity index (χ1n) is 9.25. The van der Waals surface area contributed by atoms with E-state index in [1.807, 2.05) is 6.92 Å². The SMILES string of the molecule is CCCc1noc(CCC(=O)N2CCN(S(=O)(=O)c3ccc(F)cc3)CC2)n1. The van der Waals surface area contributed by atoms with Crippen molar-refractivity contribution in [1.82, 2.24) is 19.3 Å². The van der Waals surface area contributed by atoms with Crippen LogP contribution in [0.25, 0.3) is 0 Å². The molecule has 152 valence electrons. The summed E-state index contributed by atoms with van der Waals surface area (Å²) in [6.07, 6.45) is 2.26. The van der Waals surface area contributed by atoms with Crippen molar-refractivity contribution >= 4 is 15.9 Å². The second kappa shape index (κ2) is 8.78. The van der Waals surface area contributed by atoms with Crippen LogP contribution in [0.3, 0.4) is 0 Å². The average molecular weight is 410 g/mol.